The van der Waals surface area contributed by atoms with Gasteiger partial charge in [-0.05, 0) is 37.1 Å². The lowest BCUT2D eigenvalue weighted by molar-refractivity contribution is 0.723. The molecule has 1 aromatic heterocycles. The molecule has 0 amide bonds. The molecule has 0 unspecified atom stereocenters. The van der Waals surface area contributed by atoms with Crippen LogP contribution in [0.4, 0.5) is 0 Å². The molecule has 0 radical (unpaired) electrons. The Morgan fingerprint density at radius 3 is 2.05 bits per heavy atom. The van der Waals surface area contributed by atoms with Crippen LogP contribution in [0.2, 0.25) is 0 Å². The molecular formula is C19H20N2O. The molecule has 0 aliphatic heterocycles. The zero-order valence-electron chi connectivity index (χ0n) is 12.8. The van der Waals surface area contributed by atoms with Crippen LogP contribution in [0.15, 0.2) is 71.7 Å². The average Bonchev–Trinajstić information content (AvgIpc) is 2.91. The minimum absolute atomic E-state index is 0.0727. The van der Waals surface area contributed by atoms with Crippen LogP contribution < -0.4 is 5.56 Å². The molecule has 3 nitrogen and oxygen atoms in total. The molecule has 0 atom stereocenters. The van der Waals surface area contributed by atoms with Gasteiger partial charge in [0.05, 0.1) is 11.4 Å². The van der Waals surface area contributed by atoms with E-state index in [1.54, 1.807) is 4.68 Å². The van der Waals surface area contributed by atoms with Gasteiger partial charge in [-0.3, -0.25) is 9.48 Å². The van der Waals surface area contributed by atoms with Gasteiger partial charge in [-0.2, -0.15) is 0 Å². The summed E-state index contributed by atoms with van der Waals surface area (Å²) < 4.78 is 3.70. The Bertz CT molecular complexity index is 785. The SMILES string of the molecule is CCCCc1cn(-c2ccccc2)n(-c2ccccc2)c1=O. The lowest BCUT2D eigenvalue weighted by Gasteiger charge is -2.11. The number of para-hydroxylation sites is 2. The predicted octanol–water partition coefficient (Wildman–Crippen LogP) is 3.97. The second kappa shape index (κ2) is 6.48. The number of hydrogen-bond acceptors (Lipinski definition) is 1. The Labute approximate surface area is 130 Å². The van der Waals surface area contributed by atoms with Crippen molar-refractivity contribution in [3.63, 3.8) is 0 Å². The van der Waals surface area contributed by atoms with Crippen molar-refractivity contribution in [2.75, 3.05) is 0 Å². The normalized spacial score (nSPS) is 10.8. The summed E-state index contributed by atoms with van der Waals surface area (Å²) >= 11 is 0. The number of hydrogen-bond donors (Lipinski definition) is 0. The van der Waals surface area contributed by atoms with Gasteiger partial charge in [0.2, 0.25) is 0 Å². The Morgan fingerprint density at radius 2 is 1.45 bits per heavy atom. The lowest BCUT2D eigenvalue weighted by atomic mass is 10.1. The van der Waals surface area contributed by atoms with Crippen LogP contribution in [0.25, 0.3) is 11.4 Å². The molecule has 22 heavy (non-hydrogen) atoms. The third-order valence-corrected chi connectivity index (χ3v) is 3.78. The van der Waals surface area contributed by atoms with E-state index in [0.29, 0.717) is 0 Å². The van der Waals surface area contributed by atoms with Gasteiger partial charge in [-0.25, -0.2) is 4.68 Å². The summed E-state index contributed by atoms with van der Waals surface area (Å²) in [5.41, 5.74) is 2.82. The molecule has 3 heteroatoms. The molecule has 0 N–H and O–H groups in total. The van der Waals surface area contributed by atoms with Gasteiger partial charge < -0.3 is 0 Å². The maximum atomic E-state index is 12.8. The topological polar surface area (TPSA) is 26.9 Å². The molecule has 0 saturated carbocycles. The fourth-order valence-electron chi connectivity index (χ4n) is 2.61. The molecular weight excluding hydrogens is 272 g/mol. The summed E-state index contributed by atoms with van der Waals surface area (Å²) in [5, 5.41) is 0. The summed E-state index contributed by atoms with van der Waals surface area (Å²) in [6.07, 6.45) is 4.91. The maximum Gasteiger partial charge on any atom is 0.274 e. The Kier molecular flexibility index (Phi) is 4.24. The quantitative estimate of drug-likeness (QED) is 0.699. The zero-order valence-corrected chi connectivity index (χ0v) is 12.8. The summed E-state index contributed by atoms with van der Waals surface area (Å²) in [6.45, 7) is 2.14. The largest absolute Gasteiger partial charge is 0.274 e. The van der Waals surface area contributed by atoms with Gasteiger partial charge in [0.25, 0.3) is 5.56 Å². The van der Waals surface area contributed by atoms with Crippen LogP contribution in [-0.2, 0) is 6.42 Å². The molecule has 0 saturated heterocycles. The Morgan fingerprint density at radius 1 is 0.864 bits per heavy atom. The predicted molar refractivity (Wildman–Crippen MR) is 90.0 cm³/mol. The van der Waals surface area contributed by atoms with E-state index in [1.165, 1.54) is 0 Å². The van der Waals surface area contributed by atoms with Crippen molar-refractivity contribution in [2.24, 2.45) is 0 Å². The molecule has 112 valence electrons. The summed E-state index contributed by atoms with van der Waals surface area (Å²) in [7, 11) is 0. The molecule has 0 spiro atoms. The zero-order chi connectivity index (χ0) is 15.4. The highest BCUT2D eigenvalue weighted by molar-refractivity contribution is 5.37. The van der Waals surface area contributed by atoms with Crippen molar-refractivity contribution in [3.05, 3.63) is 82.8 Å². The van der Waals surface area contributed by atoms with Crippen molar-refractivity contribution in [3.8, 4) is 11.4 Å². The molecule has 0 fully saturated rings. The summed E-state index contributed by atoms with van der Waals surface area (Å²) in [5.74, 6) is 0. The van der Waals surface area contributed by atoms with Gasteiger partial charge in [0.1, 0.15) is 0 Å². The van der Waals surface area contributed by atoms with E-state index in [2.05, 4.69) is 6.92 Å². The number of aryl methyl sites for hydroxylation is 1. The number of aromatic nitrogens is 2. The van der Waals surface area contributed by atoms with E-state index in [4.69, 9.17) is 0 Å². The average molecular weight is 292 g/mol. The fraction of sp³-hybridized carbons (Fsp3) is 0.211. The van der Waals surface area contributed by atoms with Crippen LogP contribution >= 0.6 is 0 Å². The highest BCUT2D eigenvalue weighted by Crippen LogP contribution is 2.14. The third kappa shape index (κ3) is 2.75. The number of rotatable bonds is 5. The summed E-state index contributed by atoms with van der Waals surface area (Å²) in [6, 6.07) is 19.8. The minimum Gasteiger partial charge on any atom is -0.267 e. The molecule has 0 bridgehead atoms. The van der Waals surface area contributed by atoms with Crippen LogP contribution in [0, 0.1) is 0 Å². The van der Waals surface area contributed by atoms with Gasteiger partial charge in [-0.1, -0.05) is 49.7 Å². The first-order chi connectivity index (χ1) is 10.8. The highest BCUT2D eigenvalue weighted by atomic mass is 16.1. The Hall–Kier alpha value is -2.55. The molecule has 0 aliphatic rings. The third-order valence-electron chi connectivity index (χ3n) is 3.78. The van der Waals surface area contributed by atoms with E-state index >= 15 is 0 Å². The second-order valence-corrected chi connectivity index (χ2v) is 5.39. The molecule has 2 aromatic carbocycles. The van der Waals surface area contributed by atoms with Crippen LogP contribution in [0.5, 0.6) is 0 Å². The fourth-order valence-corrected chi connectivity index (χ4v) is 2.61. The van der Waals surface area contributed by atoms with Gasteiger partial charge in [0.15, 0.2) is 0 Å². The van der Waals surface area contributed by atoms with Crippen LogP contribution in [0.3, 0.4) is 0 Å². The highest BCUT2D eigenvalue weighted by Gasteiger charge is 2.13. The van der Waals surface area contributed by atoms with Crippen LogP contribution in [-0.4, -0.2) is 9.36 Å². The molecule has 0 aliphatic carbocycles. The minimum atomic E-state index is 0.0727. The van der Waals surface area contributed by atoms with Crippen molar-refractivity contribution in [2.45, 2.75) is 26.2 Å². The van der Waals surface area contributed by atoms with Crippen molar-refractivity contribution in [1.29, 1.82) is 0 Å². The summed E-state index contributed by atoms with van der Waals surface area (Å²) in [4.78, 5) is 12.8. The van der Waals surface area contributed by atoms with E-state index in [1.807, 2.05) is 71.5 Å². The number of nitrogens with zero attached hydrogens (tertiary/aromatic N) is 2. The van der Waals surface area contributed by atoms with Crippen molar-refractivity contribution in [1.82, 2.24) is 9.36 Å². The maximum absolute atomic E-state index is 12.8. The lowest BCUT2D eigenvalue weighted by Crippen LogP contribution is -2.21. The smallest absolute Gasteiger partial charge is 0.267 e. The molecule has 3 aromatic rings. The van der Waals surface area contributed by atoms with Gasteiger partial charge >= 0.3 is 0 Å². The molecule has 1 heterocycles. The monoisotopic (exact) mass is 292 g/mol. The first-order valence-electron chi connectivity index (χ1n) is 7.75. The number of unbranched alkanes of at least 4 members (excludes halogenated alkanes) is 1. The second-order valence-electron chi connectivity index (χ2n) is 5.39. The molecule has 3 rings (SSSR count). The van der Waals surface area contributed by atoms with E-state index in [9.17, 15) is 4.79 Å². The van der Waals surface area contributed by atoms with E-state index in [0.717, 1.165) is 36.2 Å². The first kappa shape index (κ1) is 14.4. The van der Waals surface area contributed by atoms with Crippen molar-refractivity contribution >= 4 is 0 Å². The Balaban J connectivity index is 2.18. The standard InChI is InChI=1S/C19H20N2O/c1-2-3-10-16-15-20(17-11-6-4-7-12-17)21(19(16)22)18-13-8-5-9-14-18/h4-9,11-15H,2-3,10H2,1H3. The number of benzene rings is 2. The van der Waals surface area contributed by atoms with E-state index in [-0.39, 0.29) is 5.56 Å². The van der Waals surface area contributed by atoms with E-state index < -0.39 is 0 Å². The van der Waals surface area contributed by atoms with Crippen LogP contribution in [0.1, 0.15) is 25.3 Å². The van der Waals surface area contributed by atoms with Gasteiger partial charge in [0, 0.05) is 11.8 Å². The first-order valence-corrected chi connectivity index (χ1v) is 7.75. The van der Waals surface area contributed by atoms with Crippen molar-refractivity contribution < 1.29 is 0 Å². The van der Waals surface area contributed by atoms with Gasteiger partial charge in [-0.15, -0.1) is 0 Å².